The molecule has 1 fully saturated rings. The Labute approximate surface area is 126 Å². The van der Waals surface area contributed by atoms with Gasteiger partial charge in [0.25, 0.3) is 0 Å². The van der Waals surface area contributed by atoms with Crippen molar-refractivity contribution in [3.05, 3.63) is 11.1 Å². The minimum absolute atomic E-state index is 0.510. The van der Waals surface area contributed by atoms with E-state index in [0.29, 0.717) is 12.1 Å². The van der Waals surface area contributed by atoms with Crippen molar-refractivity contribution in [1.82, 2.24) is 10.3 Å². The van der Waals surface area contributed by atoms with Crippen LogP contribution in [0, 0.1) is 5.92 Å². The van der Waals surface area contributed by atoms with Gasteiger partial charge in [0.05, 0.1) is 6.61 Å². The lowest BCUT2D eigenvalue weighted by atomic mass is 10.2. The lowest BCUT2D eigenvalue weighted by Crippen LogP contribution is -2.37. The molecule has 0 saturated heterocycles. The molecule has 1 N–H and O–H groups in total. The Balaban J connectivity index is 1.99. The standard InChI is InChI=1S/C15H27N3OS/c1-11(2)16-9-14-10-17-15(20-14)18(7-8-19-4)12(3)13-5-6-13/h10-13,16H,5-9H2,1-4H3. The number of nitrogens with one attached hydrogen (secondary N) is 1. The summed E-state index contributed by atoms with van der Waals surface area (Å²) in [5, 5.41) is 4.59. The molecule has 0 spiro atoms. The summed E-state index contributed by atoms with van der Waals surface area (Å²) in [6.45, 7) is 9.25. The van der Waals surface area contributed by atoms with E-state index >= 15 is 0 Å². The van der Waals surface area contributed by atoms with E-state index < -0.39 is 0 Å². The fraction of sp³-hybridized carbons (Fsp3) is 0.800. The zero-order valence-corrected chi connectivity index (χ0v) is 13.9. The molecule has 0 aliphatic heterocycles. The molecule has 0 bridgehead atoms. The molecule has 2 rings (SSSR count). The normalized spacial score (nSPS) is 16.6. The molecule has 4 nitrogen and oxygen atoms in total. The van der Waals surface area contributed by atoms with Crippen LogP contribution in [0.1, 0.15) is 38.5 Å². The van der Waals surface area contributed by atoms with Gasteiger partial charge < -0.3 is 15.0 Å². The molecule has 1 heterocycles. The van der Waals surface area contributed by atoms with E-state index in [1.807, 2.05) is 6.20 Å². The highest BCUT2D eigenvalue weighted by Gasteiger charge is 2.33. The van der Waals surface area contributed by atoms with Crippen molar-refractivity contribution in [3.8, 4) is 0 Å². The van der Waals surface area contributed by atoms with Crippen LogP contribution in [0.4, 0.5) is 5.13 Å². The number of hydrogen-bond acceptors (Lipinski definition) is 5. The summed E-state index contributed by atoms with van der Waals surface area (Å²) >= 11 is 1.80. The first-order valence-corrected chi connectivity index (χ1v) is 8.37. The molecular weight excluding hydrogens is 270 g/mol. The van der Waals surface area contributed by atoms with Gasteiger partial charge in [-0.3, -0.25) is 0 Å². The van der Waals surface area contributed by atoms with Gasteiger partial charge in [0, 0.05) is 43.4 Å². The second-order valence-corrected chi connectivity index (χ2v) is 7.00. The van der Waals surface area contributed by atoms with Crippen LogP contribution in [0.5, 0.6) is 0 Å². The molecule has 1 saturated carbocycles. The number of ether oxygens (including phenoxy) is 1. The molecule has 1 aliphatic rings. The average Bonchev–Trinajstić information content (AvgIpc) is 3.17. The number of aromatic nitrogens is 1. The van der Waals surface area contributed by atoms with Crippen LogP contribution < -0.4 is 10.2 Å². The maximum atomic E-state index is 5.25. The summed E-state index contributed by atoms with van der Waals surface area (Å²) in [5.41, 5.74) is 0. The van der Waals surface area contributed by atoms with Gasteiger partial charge in [0.2, 0.25) is 0 Å². The van der Waals surface area contributed by atoms with Crippen LogP contribution in [0.15, 0.2) is 6.20 Å². The molecule has 0 aromatic carbocycles. The minimum atomic E-state index is 0.510. The van der Waals surface area contributed by atoms with E-state index in [4.69, 9.17) is 4.74 Å². The summed E-state index contributed by atoms with van der Waals surface area (Å²) in [5.74, 6) is 0.841. The van der Waals surface area contributed by atoms with Crippen molar-refractivity contribution in [2.45, 2.75) is 52.2 Å². The predicted molar refractivity (Wildman–Crippen MR) is 85.5 cm³/mol. The van der Waals surface area contributed by atoms with E-state index in [2.05, 4.69) is 36.0 Å². The monoisotopic (exact) mass is 297 g/mol. The predicted octanol–water partition coefficient (Wildman–Crippen LogP) is 2.89. The molecule has 0 radical (unpaired) electrons. The average molecular weight is 297 g/mol. The Morgan fingerprint density at radius 1 is 1.45 bits per heavy atom. The Hall–Kier alpha value is -0.650. The maximum absolute atomic E-state index is 5.25. The third kappa shape index (κ3) is 4.43. The lowest BCUT2D eigenvalue weighted by molar-refractivity contribution is 0.202. The topological polar surface area (TPSA) is 37.4 Å². The summed E-state index contributed by atoms with van der Waals surface area (Å²) in [6, 6.07) is 1.08. The van der Waals surface area contributed by atoms with Gasteiger partial charge in [-0.1, -0.05) is 13.8 Å². The van der Waals surface area contributed by atoms with Crippen molar-refractivity contribution in [2.75, 3.05) is 25.2 Å². The first-order valence-electron chi connectivity index (χ1n) is 7.55. The van der Waals surface area contributed by atoms with Crippen LogP contribution in [0.3, 0.4) is 0 Å². The minimum Gasteiger partial charge on any atom is -0.383 e. The number of nitrogens with zero attached hydrogens (tertiary/aromatic N) is 2. The fourth-order valence-electron chi connectivity index (χ4n) is 2.31. The van der Waals surface area contributed by atoms with E-state index in [-0.39, 0.29) is 0 Å². The second-order valence-electron chi connectivity index (χ2n) is 5.91. The van der Waals surface area contributed by atoms with Gasteiger partial charge in [-0.15, -0.1) is 11.3 Å². The molecule has 1 aromatic rings. The number of hydrogen-bond donors (Lipinski definition) is 1. The quantitative estimate of drug-likeness (QED) is 0.760. The first kappa shape index (κ1) is 15.7. The van der Waals surface area contributed by atoms with Crippen LogP contribution >= 0.6 is 11.3 Å². The summed E-state index contributed by atoms with van der Waals surface area (Å²) in [6.07, 6.45) is 4.73. The summed E-state index contributed by atoms with van der Waals surface area (Å²) < 4.78 is 5.25. The van der Waals surface area contributed by atoms with Gasteiger partial charge in [0.15, 0.2) is 5.13 Å². The zero-order chi connectivity index (χ0) is 14.5. The highest BCUT2D eigenvalue weighted by Crippen LogP contribution is 2.37. The molecule has 20 heavy (non-hydrogen) atoms. The van der Waals surface area contributed by atoms with Gasteiger partial charge in [-0.05, 0) is 25.7 Å². The number of thiazole rings is 1. The molecular formula is C15H27N3OS. The van der Waals surface area contributed by atoms with Crippen molar-refractivity contribution >= 4 is 16.5 Å². The molecule has 1 aromatic heterocycles. The summed E-state index contributed by atoms with van der Waals surface area (Å²) in [4.78, 5) is 8.35. The number of methoxy groups -OCH3 is 1. The molecule has 1 aliphatic carbocycles. The van der Waals surface area contributed by atoms with Crippen LogP contribution in [-0.4, -0.2) is 37.3 Å². The Bertz CT molecular complexity index is 404. The Morgan fingerprint density at radius 2 is 2.20 bits per heavy atom. The largest absolute Gasteiger partial charge is 0.383 e. The van der Waals surface area contributed by atoms with Crippen LogP contribution in [0.25, 0.3) is 0 Å². The van der Waals surface area contributed by atoms with Crippen LogP contribution in [-0.2, 0) is 11.3 Å². The molecule has 1 unspecified atom stereocenters. The van der Waals surface area contributed by atoms with Crippen molar-refractivity contribution < 1.29 is 4.74 Å². The van der Waals surface area contributed by atoms with Crippen molar-refractivity contribution in [3.63, 3.8) is 0 Å². The number of anilines is 1. The Kier molecular flexibility index (Phi) is 5.81. The van der Waals surface area contributed by atoms with Gasteiger partial charge in [-0.25, -0.2) is 4.98 Å². The van der Waals surface area contributed by atoms with Gasteiger partial charge >= 0.3 is 0 Å². The van der Waals surface area contributed by atoms with E-state index in [1.54, 1.807) is 18.4 Å². The lowest BCUT2D eigenvalue weighted by Gasteiger charge is -2.28. The van der Waals surface area contributed by atoms with Crippen LogP contribution in [0.2, 0.25) is 0 Å². The van der Waals surface area contributed by atoms with Gasteiger partial charge in [0.1, 0.15) is 0 Å². The highest BCUT2D eigenvalue weighted by molar-refractivity contribution is 7.15. The maximum Gasteiger partial charge on any atom is 0.185 e. The summed E-state index contributed by atoms with van der Waals surface area (Å²) in [7, 11) is 1.76. The fourth-order valence-corrected chi connectivity index (χ4v) is 3.29. The highest BCUT2D eigenvalue weighted by atomic mass is 32.1. The molecule has 114 valence electrons. The Morgan fingerprint density at radius 3 is 2.80 bits per heavy atom. The molecule has 5 heteroatoms. The first-order chi connectivity index (χ1) is 9.61. The van der Waals surface area contributed by atoms with E-state index in [1.165, 1.54) is 17.7 Å². The van der Waals surface area contributed by atoms with Crippen molar-refractivity contribution in [1.29, 1.82) is 0 Å². The second kappa shape index (κ2) is 7.38. The third-order valence-corrected chi connectivity index (χ3v) is 4.84. The molecule has 0 amide bonds. The van der Waals surface area contributed by atoms with Gasteiger partial charge in [-0.2, -0.15) is 0 Å². The van der Waals surface area contributed by atoms with Crippen molar-refractivity contribution in [2.24, 2.45) is 5.92 Å². The number of rotatable bonds is 9. The van der Waals surface area contributed by atoms with E-state index in [9.17, 15) is 0 Å². The zero-order valence-electron chi connectivity index (χ0n) is 13.1. The smallest absolute Gasteiger partial charge is 0.185 e. The van der Waals surface area contributed by atoms with E-state index in [0.717, 1.165) is 30.7 Å². The molecule has 1 atom stereocenters. The third-order valence-electron chi connectivity index (χ3n) is 3.80. The SMILES string of the molecule is COCCN(c1ncc(CNC(C)C)s1)C(C)C1CC1.